The van der Waals surface area contributed by atoms with Gasteiger partial charge in [0.2, 0.25) is 0 Å². The zero-order valence-corrected chi connectivity index (χ0v) is 17.4. The molecule has 1 aliphatic rings. The Morgan fingerprint density at radius 3 is 2.25 bits per heavy atom. The van der Waals surface area contributed by atoms with E-state index >= 15 is 0 Å². The number of hydrogen-bond acceptors (Lipinski definition) is 3. The lowest BCUT2D eigenvalue weighted by molar-refractivity contribution is 1.15. The van der Waals surface area contributed by atoms with Gasteiger partial charge in [0.25, 0.3) is 0 Å². The summed E-state index contributed by atoms with van der Waals surface area (Å²) in [5.41, 5.74) is 5.97. The molecule has 0 bridgehead atoms. The molecule has 4 aromatic rings. The number of nitrogens with one attached hydrogen (secondary N) is 3. The molecular formula is C23H19BIN3. The Labute approximate surface area is 178 Å². The first kappa shape index (κ1) is 17.4. The van der Waals surface area contributed by atoms with Crippen molar-refractivity contribution in [3.63, 3.8) is 0 Å². The van der Waals surface area contributed by atoms with Crippen molar-refractivity contribution in [1.82, 2.24) is 0 Å². The maximum Gasteiger partial charge on any atom is 0.408 e. The Morgan fingerprint density at radius 1 is 0.786 bits per heavy atom. The molecule has 3 N–H and O–H groups in total. The standard InChI is InChI=1S/C23H19BIN3/c25-18-9-3-6-16(14-18)15-26-20-11-2-1-10-19(20)24-27-21-12-4-7-17-8-5-13-22(28-24)23(17)21/h1-14,26-28H,15H2. The highest BCUT2D eigenvalue weighted by Crippen LogP contribution is 2.34. The van der Waals surface area contributed by atoms with E-state index in [1.807, 2.05) is 0 Å². The molecule has 0 unspecified atom stereocenters. The highest BCUT2D eigenvalue weighted by Gasteiger charge is 2.27. The van der Waals surface area contributed by atoms with E-state index in [9.17, 15) is 0 Å². The van der Waals surface area contributed by atoms with Crippen LogP contribution in [0.25, 0.3) is 10.8 Å². The van der Waals surface area contributed by atoms with Crippen LogP contribution in [-0.4, -0.2) is 6.98 Å². The number of rotatable bonds is 4. The summed E-state index contributed by atoms with van der Waals surface area (Å²) in [6, 6.07) is 29.9. The molecule has 0 radical (unpaired) electrons. The SMILES string of the molecule is Ic1cccc(CNc2ccccc2B2Nc3cccc4cccc(c34)N2)c1. The van der Waals surface area contributed by atoms with Crippen molar-refractivity contribution < 1.29 is 0 Å². The monoisotopic (exact) mass is 475 g/mol. The quantitative estimate of drug-likeness (QED) is 0.278. The summed E-state index contributed by atoms with van der Waals surface area (Å²) in [6.07, 6.45) is 0. The molecule has 1 aliphatic heterocycles. The fourth-order valence-corrected chi connectivity index (χ4v) is 4.45. The number of halogens is 1. The van der Waals surface area contributed by atoms with Gasteiger partial charge in [0.1, 0.15) is 0 Å². The molecule has 3 nitrogen and oxygen atoms in total. The third kappa shape index (κ3) is 3.31. The maximum absolute atomic E-state index is 3.67. The van der Waals surface area contributed by atoms with E-state index in [1.165, 1.54) is 36.7 Å². The van der Waals surface area contributed by atoms with Crippen LogP contribution in [0.5, 0.6) is 0 Å². The van der Waals surface area contributed by atoms with Crippen molar-refractivity contribution >= 4 is 62.9 Å². The lowest BCUT2D eigenvalue weighted by Crippen LogP contribution is -2.48. The highest BCUT2D eigenvalue weighted by atomic mass is 127. The van der Waals surface area contributed by atoms with Crippen LogP contribution in [0.2, 0.25) is 0 Å². The molecule has 4 aromatic carbocycles. The molecule has 5 heteroatoms. The summed E-state index contributed by atoms with van der Waals surface area (Å²) in [4.78, 5) is 0. The lowest BCUT2D eigenvalue weighted by atomic mass is 9.65. The number of hydrogen-bond donors (Lipinski definition) is 3. The van der Waals surface area contributed by atoms with Gasteiger partial charge in [0.15, 0.2) is 0 Å². The topological polar surface area (TPSA) is 36.1 Å². The van der Waals surface area contributed by atoms with E-state index in [1.54, 1.807) is 0 Å². The predicted molar refractivity (Wildman–Crippen MR) is 130 cm³/mol. The average molecular weight is 475 g/mol. The fourth-order valence-electron chi connectivity index (χ4n) is 3.84. The van der Waals surface area contributed by atoms with Gasteiger partial charge < -0.3 is 15.8 Å². The van der Waals surface area contributed by atoms with Crippen molar-refractivity contribution in [3.8, 4) is 0 Å². The van der Waals surface area contributed by atoms with Gasteiger partial charge in [-0.15, -0.1) is 0 Å². The third-order valence-corrected chi connectivity index (χ3v) is 5.82. The molecule has 0 atom stereocenters. The molecular weight excluding hydrogens is 456 g/mol. The van der Waals surface area contributed by atoms with Crippen LogP contribution in [0.3, 0.4) is 0 Å². The van der Waals surface area contributed by atoms with Gasteiger partial charge in [0, 0.05) is 32.6 Å². The van der Waals surface area contributed by atoms with Gasteiger partial charge in [0.05, 0.1) is 0 Å². The minimum Gasteiger partial charge on any atom is -0.405 e. The second-order valence-electron chi connectivity index (χ2n) is 7.00. The Hall–Kier alpha value is -2.67. The Bertz CT molecular complexity index is 1120. The van der Waals surface area contributed by atoms with Crippen molar-refractivity contribution in [2.45, 2.75) is 6.54 Å². The molecule has 0 amide bonds. The van der Waals surface area contributed by atoms with Gasteiger partial charge in [-0.25, -0.2) is 0 Å². The average Bonchev–Trinajstić information content (AvgIpc) is 2.73. The van der Waals surface area contributed by atoms with Crippen molar-refractivity contribution in [1.29, 1.82) is 0 Å². The Kier molecular flexibility index (Phi) is 4.60. The summed E-state index contributed by atoms with van der Waals surface area (Å²) in [6.45, 7) is 0.812. The van der Waals surface area contributed by atoms with Crippen LogP contribution in [0.4, 0.5) is 17.1 Å². The molecule has 0 aliphatic carbocycles. The number of benzene rings is 4. The smallest absolute Gasteiger partial charge is 0.405 e. The molecule has 28 heavy (non-hydrogen) atoms. The zero-order chi connectivity index (χ0) is 18.9. The minimum atomic E-state index is 0.0140. The fraction of sp³-hybridized carbons (Fsp3) is 0.0435. The second kappa shape index (κ2) is 7.39. The van der Waals surface area contributed by atoms with E-state index in [0.29, 0.717) is 0 Å². The van der Waals surface area contributed by atoms with E-state index < -0.39 is 0 Å². The van der Waals surface area contributed by atoms with Crippen molar-refractivity contribution in [2.24, 2.45) is 0 Å². The largest absolute Gasteiger partial charge is 0.408 e. The first-order chi connectivity index (χ1) is 13.8. The predicted octanol–water partition coefficient (Wildman–Crippen LogP) is 5.29. The summed E-state index contributed by atoms with van der Waals surface area (Å²) in [5.74, 6) is 0. The molecule has 136 valence electrons. The molecule has 0 saturated heterocycles. The summed E-state index contributed by atoms with van der Waals surface area (Å²) >= 11 is 2.36. The van der Waals surface area contributed by atoms with Crippen LogP contribution < -0.4 is 21.2 Å². The highest BCUT2D eigenvalue weighted by molar-refractivity contribution is 14.1. The molecule has 5 rings (SSSR count). The zero-order valence-electron chi connectivity index (χ0n) is 15.2. The van der Waals surface area contributed by atoms with Gasteiger partial charge in [-0.3, -0.25) is 0 Å². The van der Waals surface area contributed by atoms with Crippen LogP contribution >= 0.6 is 22.6 Å². The van der Waals surface area contributed by atoms with Gasteiger partial charge in [-0.05, 0) is 69.3 Å². The van der Waals surface area contributed by atoms with E-state index in [-0.39, 0.29) is 6.98 Å². The summed E-state index contributed by atoms with van der Waals surface area (Å²) in [5, 5.41) is 13.5. The van der Waals surface area contributed by atoms with E-state index in [4.69, 9.17) is 0 Å². The summed E-state index contributed by atoms with van der Waals surface area (Å²) in [7, 11) is 0. The van der Waals surface area contributed by atoms with Crippen LogP contribution in [0.1, 0.15) is 5.56 Å². The Balaban J connectivity index is 1.44. The third-order valence-electron chi connectivity index (χ3n) is 5.15. The minimum absolute atomic E-state index is 0.0140. The molecule has 0 saturated carbocycles. The van der Waals surface area contributed by atoms with Crippen LogP contribution in [0, 0.1) is 3.57 Å². The van der Waals surface area contributed by atoms with Crippen LogP contribution in [-0.2, 0) is 6.54 Å². The molecule has 0 fully saturated rings. The van der Waals surface area contributed by atoms with Crippen molar-refractivity contribution in [3.05, 3.63) is 94.1 Å². The lowest BCUT2D eigenvalue weighted by Gasteiger charge is -2.28. The van der Waals surface area contributed by atoms with Gasteiger partial charge >= 0.3 is 6.98 Å². The first-order valence-electron chi connectivity index (χ1n) is 9.40. The summed E-state index contributed by atoms with van der Waals surface area (Å²) < 4.78 is 1.26. The van der Waals surface area contributed by atoms with Gasteiger partial charge in [-0.2, -0.15) is 0 Å². The van der Waals surface area contributed by atoms with E-state index in [2.05, 4.69) is 123 Å². The normalized spacial score (nSPS) is 12.4. The number of anilines is 3. The second-order valence-corrected chi connectivity index (χ2v) is 8.25. The van der Waals surface area contributed by atoms with Crippen LogP contribution in [0.15, 0.2) is 84.9 Å². The molecule has 1 heterocycles. The molecule has 0 spiro atoms. The van der Waals surface area contributed by atoms with Crippen molar-refractivity contribution in [2.75, 3.05) is 15.8 Å². The Morgan fingerprint density at radius 2 is 1.50 bits per heavy atom. The molecule has 0 aromatic heterocycles. The number of para-hydroxylation sites is 1. The van der Waals surface area contributed by atoms with E-state index in [0.717, 1.165) is 12.2 Å². The maximum atomic E-state index is 3.67. The van der Waals surface area contributed by atoms with Gasteiger partial charge in [-0.1, -0.05) is 54.6 Å². The first-order valence-corrected chi connectivity index (χ1v) is 10.5.